The lowest BCUT2D eigenvalue weighted by Gasteiger charge is -2.09. The minimum atomic E-state index is 0.466. The van der Waals surface area contributed by atoms with Crippen molar-refractivity contribution in [1.29, 1.82) is 0 Å². The summed E-state index contributed by atoms with van der Waals surface area (Å²) < 4.78 is 0. The third-order valence-electron chi connectivity index (χ3n) is 2.58. The van der Waals surface area contributed by atoms with E-state index in [1.54, 1.807) is 11.3 Å². The van der Waals surface area contributed by atoms with Gasteiger partial charge in [0.25, 0.3) is 0 Å². The van der Waals surface area contributed by atoms with Gasteiger partial charge in [-0.05, 0) is 25.0 Å². The van der Waals surface area contributed by atoms with Crippen molar-refractivity contribution in [3.05, 3.63) is 32.9 Å². The van der Waals surface area contributed by atoms with Crippen molar-refractivity contribution in [3.63, 3.8) is 0 Å². The van der Waals surface area contributed by atoms with Crippen LogP contribution >= 0.6 is 22.9 Å². The molecule has 1 N–H and O–H groups in total. The second kappa shape index (κ2) is 5.42. The Balaban J connectivity index is 1.97. The molecule has 0 atom stereocenters. The molecule has 0 bridgehead atoms. The lowest BCUT2D eigenvalue weighted by Crippen LogP contribution is -2.09. The highest BCUT2D eigenvalue weighted by Gasteiger charge is 2.07. The first-order valence-corrected chi connectivity index (χ1v) is 6.56. The highest BCUT2D eigenvalue weighted by atomic mass is 35.5. The lowest BCUT2D eigenvalue weighted by atomic mass is 10.2. The molecule has 0 aromatic carbocycles. The van der Waals surface area contributed by atoms with E-state index in [4.69, 9.17) is 11.6 Å². The number of nitrogens with one attached hydrogen (secondary N) is 1. The van der Waals surface area contributed by atoms with Gasteiger partial charge in [-0.1, -0.05) is 11.6 Å². The van der Waals surface area contributed by atoms with E-state index in [2.05, 4.69) is 20.5 Å². The van der Waals surface area contributed by atoms with Gasteiger partial charge in [0.1, 0.15) is 0 Å². The van der Waals surface area contributed by atoms with Crippen LogP contribution in [-0.2, 0) is 6.42 Å². The summed E-state index contributed by atoms with van der Waals surface area (Å²) in [4.78, 5) is 4.22. The average Bonchev–Trinajstić information content (AvgIpc) is 2.82. The van der Waals surface area contributed by atoms with Crippen LogP contribution in [0.3, 0.4) is 0 Å². The lowest BCUT2D eigenvalue weighted by molar-refractivity contribution is 0.941. The van der Waals surface area contributed by atoms with Crippen molar-refractivity contribution in [2.24, 2.45) is 0 Å². The molecule has 17 heavy (non-hydrogen) atoms. The molecule has 4 nitrogen and oxygen atoms in total. The predicted molar refractivity (Wildman–Crippen MR) is 70.8 cm³/mol. The van der Waals surface area contributed by atoms with Gasteiger partial charge in [0.05, 0.1) is 5.01 Å². The van der Waals surface area contributed by atoms with Crippen LogP contribution in [0.1, 0.15) is 16.1 Å². The number of nitrogens with zero attached hydrogens (tertiary/aromatic N) is 3. The van der Waals surface area contributed by atoms with Crippen LogP contribution in [0.4, 0.5) is 5.82 Å². The minimum absolute atomic E-state index is 0.466. The van der Waals surface area contributed by atoms with E-state index in [0.717, 1.165) is 34.9 Å². The van der Waals surface area contributed by atoms with E-state index < -0.39 is 0 Å². The maximum Gasteiger partial charge on any atom is 0.155 e. The van der Waals surface area contributed by atoms with E-state index >= 15 is 0 Å². The summed E-state index contributed by atoms with van der Waals surface area (Å²) in [5, 5.41) is 14.8. The van der Waals surface area contributed by atoms with Gasteiger partial charge in [-0.15, -0.1) is 21.5 Å². The number of halogens is 1. The molecule has 2 aromatic rings. The van der Waals surface area contributed by atoms with Gasteiger partial charge in [0.15, 0.2) is 11.0 Å². The number of hydrogen-bond donors (Lipinski definition) is 1. The quantitative estimate of drug-likeness (QED) is 0.926. The van der Waals surface area contributed by atoms with Crippen molar-refractivity contribution in [3.8, 4) is 0 Å². The van der Waals surface area contributed by atoms with Crippen molar-refractivity contribution in [2.75, 3.05) is 11.9 Å². The van der Waals surface area contributed by atoms with Gasteiger partial charge in [-0.25, -0.2) is 4.98 Å². The zero-order valence-corrected chi connectivity index (χ0v) is 11.3. The number of aromatic nitrogens is 3. The van der Waals surface area contributed by atoms with Crippen molar-refractivity contribution in [1.82, 2.24) is 15.2 Å². The zero-order chi connectivity index (χ0) is 12.3. The first-order valence-electron chi connectivity index (χ1n) is 5.30. The second-order valence-corrected chi connectivity index (χ2v) is 5.03. The minimum Gasteiger partial charge on any atom is -0.368 e. The molecule has 0 unspecified atom stereocenters. The maximum absolute atomic E-state index is 5.89. The van der Waals surface area contributed by atoms with Gasteiger partial charge in [-0.3, -0.25) is 0 Å². The fourth-order valence-electron chi connectivity index (χ4n) is 1.41. The van der Waals surface area contributed by atoms with Gasteiger partial charge < -0.3 is 5.32 Å². The van der Waals surface area contributed by atoms with Gasteiger partial charge in [0, 0.05) is 24.5 Å². The van der Waals surface area contributed by atoms with E-state index in [-0.39, 0.29) is 0 Å². The van der Waals surface area contributed by atoms with Gasteiger partial charge >= 0.3 is 0 Å². The third kappa shape index (κ3) is 2.92. The molecule has 0 saturated heterocycles. The molecular weight excluding hydrogens is 256 g/mol. The summed E-state index contributed by atoms with van der Waals surface area (Å²) in [6.07, 6.45) is 2.71. The van der Waals surface area contributed by atoms with Crippen LogP contribution in [0.2, 0.25) is 5.15 Å². The van der Waals surface area contributed by atoms with E-state index in [0.29, 0.717) is 5.15 Å². The molecule has 90 valence electrons. The topological polar surface area (TPSA) is 50.7 Å². The Hall–Kier alpha value is -1.20. The number of rotatable bonds is 4. The van der Waals surface area contributed by atoms with Gasteiger partial charge in [0.2, 0.25) is 0 Å². The smallest absolute Gasteiger partial charge is 0.155 e. The summed E-state index contributed by atoms with van der Waals surface area (Å²) in [7, 11) is 0. The third-order valence-corrected chi connectivity index (χ3v) is 3.78. The molecule has 0 aliphatic rings. The highest BCUT2D eigenvalue weighted by Crippen LogP contribution is 2.20. The summed E-state index contributed by atoms with van der Waals surface area (Å²) in [6.45, 7) is 4.73. The summed E-state index contributed by atoms with van der Waals surface area (Å²) in [5.41, 5.74) is 2.02. The van der Waals surface area contributed by atoms with Crippen molar-refractivity contribution < 1.29 is 0 Å². The molecule has 6 heteroatoms. The standard InChI is InChI=1S/C11H13ClN4S/c1-7-8(2)11(16-15-10(7)12)14-4-3-9-13-5-6-17-9/h5-6H,3-4H2,1-2H3,(H,14,16). The maximum atomic E-state index is 5.89. The Bertz CT molecular complexity index is 498. The highest BCUT2D eigenvalue weighted by molar-refractivity contribution is 7.09. The van der Waals surface area contributed by atoms with Crippen molar-refractivity contribution in [2.45, 2.75) is 20.3 Å². The second-order valence-electron chi connectivity index (χ2n) is 3.69. The Labute approximate surface area is 109 Å². The number of anilines is 1. The summed E-state index contributed by atoms with van der Waals surface area (Å²) >= 11 is 7.55. The summed E-state index contributed by atoms with van der Waals surface area (Å²) in [6, 6.07) is 0. The molecule has 0 aliphatic heterocycles. The average molecular weight is 269 g/mol. The predicted octanol–water partition coefficient (Wildman–Crippen LogP) is 2.86. The number of thiazole rings is 1. The Morgan fingerprint density at radius 3 is 2.82 bits per heavy atom. The molecule has 2 aromatic heterocycles. The fourth-order valence-corrected chi connectivity index (χ4v) is 2.21. The molecule has 2 heterocycles. The van der Waals surface area contributed by atoms with Crippen molar-refractivity contribution >= 4 is 28.8 Å². The van der Waals surface area contributed by atoms with Crippen LogP contribution < -0.4 is 5.32 Å². The van der Waals surface area contributed by atoms with Gasteiger partial charge in [-0.2, -0.15) is 0 Å². The number of hydrogen-bond acceptors (Lipinski definition) is 5. The van der Waals surface area contributed by atoms with E-state index in [9.17, 15) is 0 Å². The first-order chi connectivity index (χ1) is 8.18. The molecule has 0 aliphatic carbocycles. The molecule has 0 spiro atoms. The van der Waals surface area contributed by atoms with Crippen LogP contribution in [0.25, 0.3) is 0 Å². The normalized spacial score (nSPS) is 10.5. The molecular formula is C11H13ClN4S. The SMILES string of the molecule is Cc1c(Cl)nnc(NCCc2nccs2)c1C. The van der Waals surface area contributed by atoms with Crippen LogP contribution in [0.5, 0.6) is 0 Å². The molecule has 0 amide bonds. The Kier molecular flexibility index (Phi) is 3.91. The molecule has 0 radical (unpaired) electrons. The molecule has 0 saturated carbocycles. The monoisotopic (exact) mass is 268 g/mol. The Morgan fingerprint density at radius 1 is 1.29 bits per heavy atom. The van der Waals surface area contributed by atoms with Crippen LogP contribution in [0.15, 0.2) is 11.6 Å². The van der Waals surface area contributed by atoms with E-state index in [1.165, 1.54) is 0 Å². The first kappa shape index (κ1) is 12.3. The molecule has 0 fully saturated rings. The fraction of sp³-hybridized carbons (Fsp3) is 0.364. The molecule has 2 rings (SSSR count). The Morgan fingerprint density at radius 2 is 2.12 bits per heavy atom. The summed E-state index contributed by atoms with van der Waals surface area (Å²) in [5.74, 6) is 0.795. The largest absolute Gasteiger partial charge is 0.368 e. The zero-order valence-electron chi connectivity index (χ0n) is 9.70. The van der Waals surface area contributed by atoms with Crippen LogP contribution in [0, 0.1) is 13.8 Å². The van der Waals surface area contributed by atoms with Crippen LogP contribution in [-0.4, -0.2) is 21.7 Å². The van der Waals surface area contributed by atoms with E-state index in [1.807, 2.05) is 25.4 Å².